The van der Waals surface area contributed by atoms with E-state index in [1.54, 1.807) is 7.05 Å². The number of hydrogen-bond donors (Lipinski definition) is 3. The number of imide groups is 1. The fraction of sp³-hybridized carbons (Fsp3) is 0.588. The van der Waals surface area contributed by atoms with Crippen LogP contribution in [0.5, 0.6) is 0 Å². The summed E-state index contributed by atoms with van der Waals surface area (Å²) in [6.45, 7) is 4.13. The number of hydrogen-bond acceptors (Lipinski definition) is 3. The topological polar surface area (TPSA) is 90.8 Å². The molecule has 3 N–H and O–H groups in total. The van der Waals surface area contributed by atoms with Crippen LogP contribution < -0.4 is 16.0 Å². The summed E-state index contributed by atoms with van der Waals surface area (Å²) < 4.78 is 2.08. The lowest BCUT2D eigenvalue weighted by Crippen LogP contribution is -2.55. The zero-order valence-electron chi connectivity index (χ0n) is 15.4. The van der Waals surface area contributed by atoms with E-state index in [9.17, 15) is 9.59 Å². The first-order valence-corrected chi connectivity index (χ1v) is 8.63. The van der Waals surface area contributed by atoms with E-state index < -0.39 is 11.6 Å². The maximum atomic E-state index is 12.1. The molecule has 3 rings (SSSR count). The van der Waals surface area contributed by atoms with Crippen molar-refractivity contribution in [3.8, 4) is 0 Å². The first-order valence-electron chi connectivity index (χ1n) is 8.63. The molecule has 1 unspecified atom stereocenters. The SMILES string of the molecule is CN=C(NCc1cccn1C)N1CCC(C2(C)NC(=O)NC2=O)CC1.I. The highest BCUT2D eigenvalue weighted by molar-refractivity contribution is 14.0. The second-order valence-corrected chi connectivity index (χ2v) is 6.88. The molecular formula is C17H27IN6O2. The van der Waals surface area contributed by atoms with Crippen molar-refractivity contribution in [2.45, 2.75) is 31.8 Å². The maximum absolute atomic E-state index is 12.1. The zero-order valence-corrected chi connectivity index (χ0v) is 17.7. The Morgan fingerprint density at radius 2 is 2.08 bits per heavy atom. The second-order valence-electron chi connectivity index (χ2n) is 6.88. The molecule has 144 valence electrons. The van der Waals surface area contributed by atoms with Crippen molar-refractivity contribution < 1.29 is 9.59 Å². The third-order valence-corrected chi connectivity index (χ3v) is 5.37. The molecule has 3 heterocycles. The summed E-state index contributed by atoms with van der Waals surface area (Å²) in [5.74, 6) is 0.771. The van der Waals surface area contributed by atoms with Gasteiger partial charge in [0.05, 0.1) is 6.54 Å². The molecule has 3 amide bonds. The lowest BCUT2D eigenvalue weighted by molar-refractivity contribution is -0.125. The number of guanidine groups is 1. The second kappa shape index (κ2) is 8.28. The molecule has 1 atom stereocenters. The monoisotopic (exact) mass is 474 g/mol. The van der Waals surface area contributed by atoms with Gasteiger partial charge in [-0.05, 0) is 37.8 Å². The Labute approximate surface area is 170 Å². The molecule has 0 bridgehead atoms. The van der Waals surface area contributed by atoms with E-state index in [-0.39, 0.29) is 35.8 Å². The van der Waals surface area contributed by atoms with Gasteiger partial charge in [0.1, 0.15) is 5.54 Å². The van der Waals surface area contributed by atoms with E-state index in [2.05, 4.69) is 36.5 Å². The number of nitrogens with zero attached hydrogens (tertiary/aromatic N) is 3. The molecule has 0 radical (unpaired) electrons. The Balaban J connectivity index is 0.00000243. The molecule has 8 nitrogen and oxygen atoms in total. The Morgan fingerprint density at radius 1 is 1.38 bits per heavy atom. The van der Waals surface area contributed by atoms with Gasteiger partial charge in [0.25, 0.3) is 5.91 Å². The molecule has 0 spiro atoms. The molecule has 0 aliphatic carbocycles. The normalized spacial score (nSPS) is 24.1. The Morgan fingerprint density at radius 3 is 2.58 bits per heavy atom. The van der Waals surface area contributed by atoms with Gasteiger partial charge in [-0.2, -0.15) is 0 Å². The Hall–Kier alpha value is -1.78. The van der Waals surface area contributed by atoms with Gasteiger partial charge in [-0.25, -0.2) is 4.79 Å². The average molecular weight is 474 g/mol. The summed E-state index contributed by atoms with van der Waals surface area (Å²) >= 11 is 0. The van der Waals surface area contributed by atoms with Gasteiger partial charge in [0, 0.05) is 39.1 Å². The minimum absolute atomic E-state index is 0. The van der Waals surface area contributed by atoms with Gasteiger partial charge in [0.2, 0.25) is 0 Å². The predicted molar refractivity (Wildman–Crippen MR) is 110 cm³/mol. The van der Waals surface area contributed by atoms with Gasteiger partial charge in [-0.15, -0.1) is 24.0 Å². The highest BCUT2D eigenvalue weighted by Gasteiger charge is 2.48. The van der Waals surface area contributed by atoms with Crippen molar-refractivity contribution in [3.63, 3.8) is 0 Å². The number of carbonyl (C=O) groups is 2. The molecule has 1 aromatic rings. The number of piperidine rings is 1. The van der Waals surface area contributed by atoms with Gasteiger partial charge >= 0.3 is 6.03 Å². The van der Waals surface area contributed by atoms with Crippen molar-refractivity contribution in [3.05, 3.63) is 24.0 Å². The van der Waals surface area contributed by atoms with E-state index in [1.165, 1.54) is 5.69 Å². The van der Waals surface area contributed by atoms with Gasteiger partial charge < -0.3 is 20.1 Å². The number of likely N-dealkylation sites (tertiary alicyclic amines) is 1. The quantitative estimate of drug-likeness (QED) is 0.264. The smallest absolute Gasteiger partial charge is 0.322 e. The fourth-order valence-corrected chi connectivity index (χ4v) is 3.69. The van der Waals surface area contributed by atoms with E-state index in [1.807, 2.05) is 26.2 Å². The van der Waals surface area contributed by atoms with Crippen LogP contribution in [0.2, 0.25) is 0 Å². The summed E-state index contributed by atoms with van der Waals surface area (Å²) in [5.41, 5.74) is 0.386. The molecule has 2 aliphatic rings. The average Bonchev–Trinajstić information content (AvgIpc) is 3.12. The van der Waals surface area contributed by atoms with E-state index in [0.29, 0.717) is 6.54 Å². The lowest BCUT2D eigenvalue weighted by Gasteiger charge is -2.39. The van der Waals surface area contributed by atoms with Crippen LogP contribution >= 0.6 is 24.0 Å². The van der Waals surface area contributed by atoms with Crippen molar-refractivity contribution in [2.75, 3.05) is 20.1 Å². The number of rotatable bonds is 3. The molecule has 2 aliphatic heterocycles. The third kappa shape index (κ3) is 3.97. The predicted octanol–water partition coefficient (Wildman–Crippen LogP) is 1.03. The summed E-state index contributed by atoms with van der Waals surface area (Å²) in [6.07, 6.45) is 3.68. The molecule has 0 aromatic carbocycles. The van der Waals surface area contributed by atoms with Crippen molar-refractivity contribution >= 4 is 41.9 Å². The van der Waals surface area contributed by atoms with Crippen LogP contribution in [0.15, 0.2) is 23.3 Å². The first-order chi connectivity index (χ1) is 11.9. The molecule has 0 saturated carbocycles. The lowest BCUT2D eigenvalue weighted by atomic mass is 9.79. The van der Waals surface area contributed by atoms with Crippen LogP contribution in [-0.4, -0.2) is 53.0 Å². The molecule has 1 aromatic heterocycles. The Bertz CT molecular complexity index is 695. The summed E-state index contributed by atoms with van der Waals surface area (Å²) in [6, 6.07) is 3.71. The van der Waals surface area contributed by atoms with Gasteiger partial charge in [-0.1, -0.05) is 0 Å². The van der Waals surface area contributed by atoms with Crippen LogP contribution in [0, 0.1) is 5.92 Å². The number of carbonyl (C=O) groups excluding carboxylic acids is 2. The number of nitrogens with one attached hydrogen (secondary N) is 3. The van der Waals surface area contributed by atoms with Crippen molar-refractivity contribution in [1.82, 2.24) is 25.4 Å². The van der Waals surface area contributed by atoms with Crippen molar-refractivity contribution in [2.24, 2.45) is 18.0 Å². The molecule has 26 heavy (non-hydrogen) atoms. The minimum atomic E-state index is -0.802. The van der Waals surface area contributed by atoms with Crippen LogP contribution in [-0.2, 0) is 18.4 Å². The van der Waals surface area contributed by atoms with E-state index in [0.717, 1.165) is 31.9 Å². The van der Waals surface area contributed by atoms with Crippen LogP contribution in [0.25, 0.3) is 0 Å². The van der Waals surface area contributed by atoms with E-state index in [4.69, 9.17) is 0 Å². The Kier molecular flexibility index (Phi) is 6.53. The first kappa shape index (κ1) is 20.5. The number of aromatic nitrogens is 1. The number of halogens is 1. The molecule has 9 heteroatoms. The van der Waals surface area contributed by atoms with Gasteiger partial charge in [0.15, 0.2) is 5.96 Å². The van der Waals surface area contributed by atoms with Crippen LogP contribution in [0.1, 0.15) is 25.5 Å². The summed E-state index contributed by atoms with van der Waals surface area (Å²) in [5, 5.41) is 8.54. The number of amides is 3. The van der Waals surface area contributed by atoms with Crippen LogP contribution in [0.4, 0.5) is 4.79 Å². The molecule has 2 saturated heterocycles. The van der Waals surface area contributed by atoms with E-state index >= 15 is 0 Å². The largest absolute Gasteiger partial charge is 0.353 e. The summed E-state index contributed by atoms with van der Waals surface area (Å²) in [7, 11) is 3.80. The van der Waals surface area contributed by atoms with Crippen molar-refractivity contribution in [1.29, 1.82) is 0 Å². The number of urea groups is 1. The summed E-state index contributed by atoms with van der Waals surface area (Å²) in [4.78, 5) is 30.2. The third-order valence-electron chi connectivity index (χ3n) is 5.37. The molecule has 2 fully saturated rings. The van der Waals surface area contributed by atoms with Crippen LogP contribution in [0.3, 0.4) is 0 Å². The van der Waals surface area contributed by atoms with Gasteiger partial charge in [-0.3, -0.25) is 15.1 Å². The molecular weight excluding hydrogens is 447 g/mol. The highest BCUT2D eigenvalue weighted by Crippen LogP contribution is 2.30. The minimum Gasteiger partial charge on any atom is -0.353 e. The number of aryl methyl sites for hydroxylation is 1. The highest BCUT2D eigenvalue weighted by atomic mass is 127. The standard InChI is InChI=1S/C17H26N6O2.HI/c1-17(14(24)20-16(25)21-17)12-6-9-23(10-7-12)15(18-2)19-11-13-5-4-8-22(13)3;/h4-5,8,12H,6-7,9-11H2,1-3H3,(H,18,19)(H2,20,21,24,25);1H. The zero-order chi connectivity index (χ0) is 18.0. The fourth-order valence-electron chi connectivity index (χ4n) is 3.69. The maximum Gasteiger partial charge on any atom is 0.322 e. The number of aliphatic imine (C=N–C) groups is 1.